The van der Waals surface area contributed by atoms with E-state index < -0.39 is 5.79 Å². The number of fused-ring (bicyclic) bond motifs is 1. The first-order valence-electron chi connectivity index (χ1n) is 4.14. The summed E-state index contributed by atoms with van der Waals surface area (Å²) in [4.78, 5) is 0. The van der Waals surface area contributed by atoms with E-state index >= 15 is 0 Å². The Morgan fingerprint density at radius 2 is 1.67 bits per heavy atom. The van der Waals surface area contributed by atoms with Crippen molar-refractivity contribution in [2.24, 2.45) is 0 Å². The minimum atomic E-state index is -0.416. The van der Waals surface area contributed by atoms with Crippen molar-refractivity contribution in [3.8, 4) is 0 Å². The molecular formula is C7H14N2O2S. The molecule has 0 spiro atoms. The quantitative estimate of drug-likeness (QED) is 0.536. The molecule has 2 rings (SSSR count). The van der Waals surface area contributed by atoms with Gasteiger partial charge < -0.3 is 9.47 Å². The van der Waals surface area contributed by atoms with Gasteiger partial charge in [0.15, 0.2) is 5.79 Å². The topological polar surface area (TPSA) is 42.5 Å². The molecule has 0 aromatic rings. The van der Waals surface area contributed by atoms with Gasteiger partial charge in [0.2, 0.25) is 0 Å². The molecule has 0 aromatic carbocycles. The van der Waals surface area contributed by atoms with Crippen LogP contribution < -0.4 is 9.44 Å². The molecule has 70 valence electrons. The zero-order valence-electron chi connectivity index (χ0n) is 7.29. The lowest BCUT2D eigenvalue weighted by molar-refractivity contribution is -0.145. The summed E-state index contributed by atoms with van der Waals surface area (Å²) in [5, 5.41) is 0. The molecule has 0 saturated carbocycles. The van der Waals surface area contributed by atoms with Crippen molar-refractivity contribution in [3.05, 3.63) is 0 Å². The first-order chi connectivity index (χ1) is 5.67. The van der Waals surface area contributed by atoms with Crippen molar-refractivity contribution in [2.75, 3.05) is 13.1 Å². The number of ether oxygens (including phenoxy) is 2. The van der Waals surface area contributed by atoms with Gasteiger partial charge in [-0.05, 0) is 13.8 Å². The Kier molecular flexibility index (Phi) is 2.31. The standard InChI is InChI=1S/C7H14N2O2S/c1-7(2)10-5-3-8-12-9-4-6(5)11-7/h5-6,8-9H,3-4H2,1-2H3. The van der Waals surface area contributed by atoms with E-state index in [0.29, 0.717) is 0 Å². The lowest BCUT2D eigenvalue weighted by Gasteiger charge is -2.17. The molecular weight excluding hydrogens is 176 g/mol. The smallest absolute Gasteiger partial charge is 0.163 e. The predicted molar refractivity (Wildman–Crippen MR) is 47.4 cm³/mol. The molecule has 0 bridgehead atoms. The average molecular weight is 190 g/mol. The molecule has 5 heteroatoms. The Morgan fingerprint density at radius 1 is 1.17 bits per heavy atom. The van der Waals surface area contributed by atoms with E-state index in [4.69, 9.17) is 9.47 Å². The van der Waals surface area contributed by atoms with E-state index in [9.17, 15) is 0 Å². The summed E-state index contributed by atoms with van der Waals surface area (Å²) in [5.74, 6) is -0.416. The SMILES string of the molecule is CC1(C)OC2CNSNCC2O1. The van der Waals surface area contributed by atoms with Crippen LogP contribution in [-0.2, 0) is 9.47 Å². The molecule has 2 aliphatic rings. The van der Waals surface area contributed by atoms with Crippen LogP contribution >= 0.6 is 12.1 Å². The van der Waals surface area contributed by atoms with Gasteiger partial charge in [-0.2, -0.15) is 0 Å². The van der Waals surface area contributed by atoms with E-state index in [2.05, 4.69) is 9.44 Å². The molecule has 2 unspecified atom stereocenters. The highest BCUT2D eigenvalue weighted by atomic mass is 32.2. The molecule has 2 fully saturated rings. The van der Waals surface area contributed by atoms with Crippen LogP contribution in [0, 0.1) is 0 Å². The van der Waals surface area contributed by atoms with E-state index in [1.807, 2.05) is 13.8 Å². The van der Waals surface area contributed by atoms with Gasteiger partial charge in [0, 0.05) is 25.2 Å². The molecule has 0 aromatic heterocycles. The monoisotopic (exact) mass is 190 g/mol. The zero-order valence-corrected chi connectivity index (χ0v) is 8.11. The Morgan fingerprint density at radius 3 is 2.17 bits per heavy atom. The third kappa shape index (κ3) is 1.75. The maximum absolute atomic E-state index is 5.69. The molecule has 2 N–H and O–H groups in total. The second-order valence-electron chi connectivity index (χ2n) is 3.51. The summed E-state index contributed by atoms with van der Waals surface area (Å²) in [6.07, 6.45) is 0.366. The highest BCUT2D eigenvalue weighted by Crippen LogP contribution is 2.28. The number of nitrogens with one attached hydrogen (secondary N) is 2. The fraction of sp³-hybridized carbons (Fsp3) is 1.00. The Labute approximate surface area is 76.6 Å². The normalized spacial score (nSPS) is 40.5. The predicted octanol–water partition coefficient (Wildman–Crippen LogP) is 0.263. The Hall–Kier alpha value is 0.190. The summed E-state index contributed by atoms with van der Waals surface area (Å²) >= 11 is 1.51. The zero-order chi connectivity index (χ0) is 8.60. The van der Waals surface area contributed by atoms with Gasteiger partial charge in [0.1, 0.15) is 12.2 Å². The van der Waals surface area contributed by atoms with Crippen LogP contribution in [-0.4, -0.2) is 31.1 Å². The van der Waals surface area contributed by atoms with Gasteiger partial charge in [-0.3, -0.25) is 0 Å². The number of hydrogen-bond acceptors (Lipinski definition) is 5. The van der Waals surface area contributed by atoms with Crippen LogP contribution in [0.1, 0.15) is 13.8 Å². The van der Waals surface area contributed by atoms with Crippen LogP contribution in [0.25, 0.3) is 0 Å². The number of hydrogen-bond donors (Lipinski definition) is 2. The largest absolute Gasteiger partial charge is 0.343 e. The molecule has 12 heavy (non-hydrogen) atoms. The van der Waals surface area contributed by atoms with Gasteiger partial charge in [0.25, 0.3) is 0 Å². The van der Waals surface area contributed by atoms with Crippen molar-refractivity contribution in [2.45, 2.75) is 31.8 Å². The molecule has 2 heterocycles. The molecule has 4 nitrogen and oxygen atoms in total. The third-order valence-corrected chi connectivity index (χ3v) is 2.62. The van der Waals surface area contributed by atoms with Crippen molar-refractivity contribution in [3.63, 3.8) is 0 Å². The lowest BCUT2D eigenvalue weighted by atomic mass is 10.2. The summed E-state index contributed by atoms with van der Waals surface area (Å²) in [5.41, 5.74) is 0. The number of rotatable bonds is 0. The van der Waals surface area contributed by atoms with Crippen LogP contribution in [0.3, 0.4) is 0 Å². The first kappa shape index (κ1) is 8.77. The summed E-state index contributed by atoms with van der Waals surface area (Å²) in [7, 11) is 0. The van der Waals surface area contributed by atoms with Crippen LogP contribution in [0.2, 0.25) is 0 Å². The summed E-state index contributed by atoms with van der Waals surface area (Å²) in [6, 6.07) is 0. The maximum Gasteiger partial charge on any atom is 0.163 e. The van der Waals surface area contributed by atoms with Crippen LogP contribution in [0.5, 0.6) is 0 Å². The summed E-state index contributed by atoms with van der Waals surface area (Å²) in [6.45, 7) is 5.58. The van der Waals surface area contributed by atoms with Crippen LogP contribution in [0.15, 0.2) is 0 Å². The Bertz CT molecular complexity index is 161. The minimum Gasteiger partial charge on any atom is -0.343 e. The first-order valence-corrected chi connectivity index (χ1v) is 4.96. The van der Waals surface area contributed by atoms with Gasteiger partial charge in [-0.15, -0.1) is 0 Å². The van der Waals surface area contributed by atoms with Crippen molar-refractivity contribution in [1.29, 1.82) is 0 Å². The van der Waals surface area contributed by atoms with E-state index in [1.54, 1.807) is 0 Å². The van der Waals surface area contributed by atoms with Gasteiger partial charge >= 0.3 is 0 Å². The second kappa shape index (κ2) is 3.16. The van der Waals surface area contributed by atoms with Gasteiger partial charge in [-0.1, -0.05) is 0 Å². The van der Waals surface area contributed by atoms with E-state index in [1.165, 1.54) is 12.1 Å². The molecule has 0 radical (unpaired) electrons. The van der Waals surface area contributed by atoms with Gasteiger partial charge in [-0.25, -0.2) is 9.44 Å². The van der Waals surface area contributed by atoms with Crippen LogP contribution in [0.4, 0.5) is 0 Å². The second-order valence-corrected chi connectivity index (χ2v) is 4.29. The fourth-order valence-corrected chi connectivity index (χ4v) is 2.15. The van der Waals surface area contributed by atoms with E-state index in [-0.39, 0.29) is 12.2 Å². The van der Waals surface area contributed by atoms with Crippen molar-refractivity contribution in [1.82, 2.24) is 9.44 Å². The average Bonchev–Trinajstić information content (AvgIpc) is 2.17. The lowest BCUT2D eigenvalue weighted by Crippen LogP contribution is -2.32. The summed E-state index contributed by atoms with van der Waals surface area (Å²) < 4.78 is 17.7. The Balaban J connectivity index is 2.02. The molecule has 0 aliphatic carbocycles. The maximum atomic E-state index is 5.69. The molecule has 2 atom stereocenters. The molecule has 2 aliphatic heterocycles. The van der Waals surface area contributed by atoms with Crippen molar-refractivity contribution < 1.29 is 9.47 Å². The fourth-order valence-electron chi connectivity index (χ4n) is 1.55. The van der Waals surface area contributed by atoms with E-state index in [0.717, 1.165) is 13.1 Å². The minimum absolute atomic E-state index is 0.183. The highest BCUT2D eigenvalue weighted by molar-refractivity contribution is 7.95. The van der Waals surface area contributed by atoms with Gasteiger partial charge in [0.05, 0.1) is 0 Å². The molecule has 2 saturated heterocycles. The van der Waals surface area contributed by atoms with Crippen molar-refractivity contribution >= 4 is 12.1 Å². The highest BCUT2D eigenvalue weighted by Gasteiger charge is 2.41. The third-order valence-electron chi connectivity index (χ3n) is 2.00. The molecule has 0 amide bonds.